The quantitative estimate of drug-likeness (QED) is 0.535. The van der Waals surface area contributed by atoms with Gasteiger partial charge in [0.15, 0.2) is 0 Å². The minimum absolute atomic E-state index is 0.000648. The fraction of sp³-hybridized carbons (Fsp3) is 0.429. The summed E-state index contributed by atoms with van der Waals surface area (Å²) in [6, 6.07) is 0.000648. The van der Waals surface area contributed by atoms with Gasteiger partial charge in [-0.1, -0.05) is 0 Å². The summed E-state index contributed by atoms with van der Waals surface area (Å²) in [5.74, 6) is 0. The molecule has 1 heterocycles. The second-order valence-electron chi connectivity index (χ2n) is 2.77. The Hall–Kier alpha value is -1.16. The van der Waals surface area contributed by atoms with Crippen LogP contribution in [-0.4, -0.2) is 9.97 Å². The third kappa shape index (κ3) is 0.952. The van der Waals surface area contributed by atoms with Crippen molar-refractivity contribution >= 4 is 0 Å². The number of nitrogens with two attached hydrogens (primary N) is 1. The van der Waals surface area contributed by atoms with E-state index in [9.17, 15) is 4.79 Å². The maximum atomic E-state index is 10.8. The number of hydrogen-bond acceptors (Lipinski definition) is 3. The number of aromatic amines is 1. The van der Waals surface area contributed by atoms with Crippen molar-refractivity contribution in [2.75, 3.05) is 0 Å². The van der Waals surface area contributed by atoms with Gasteiger partial charge in [-0.2, -0.15) is 0 Å². The highest BCUT2D eigenvalue weighted by Crippen LogP contribution is 2.24. The van der Waals surface area contributed by atoms with E-state index < -0.39 is 0 Å². The first-order valence-electron chi connectivity index (χ1n) is 3.61. The number of nitrogens with one attached hydrogen (secondary N) is 1. The minimum Gasteiger partial charge on any atom is -0.323 e. The van der Waals surface area contributed by atoms with Crippen LogP contribution in [0.5, 0.6) is 0 Å². The minimum atomic E-state index is -0.305. The molecule has 1 unspecified atom stereocenters. The van der Waals surface area contributed by atoms with Crippen molar-refractivity contribution in [2.24, 2.45) is 5.73 Å². The first-order valence-corrected chi connectivity index (χ1v) is 3.61. The number of aromatic nitrogens is 2. The Labute approximate surface area is 63.5 Å². The van der Waals surface area contributed by atoms with Crippen LogP contribution in [0, 0.1) is 0 Å². The third-order valence-electron chi connectivity index (χ3n) is 2.02. The second kappa shape index (κ2) is 2.17. The van der Waals surface area contributed by atoms with Gasteiger partial charge >= 0.3 is 5.69 Å². The van der Waals surface area contributed by atoms with Crippen LogP contribution in [0.2, 0.25) is 0 Å². The van der Waals surface area contributed by atoms with E-state index in [-0.39, 0.29) is 11.7 Å². The molecule has 0 bridgehead atoms. The number of rotatable bonds is 0. The molecule has 4 heteroatoms. The fourth-order valence-corrected chi connectivity index (χ4v) is 1.42. The Morgan fingerprint density at radius 1 is 1.73 bits per heavy atom. The van der Waals surface area contributed by atoms with Gasteiger partial charge in [0.05, 0.1) is 0 Å². The molecule has 1 aromatic heterocycles. The molecule has 0 aliphatic heterocycles. The number of hydrogen-bond donors (Lipinski definition) is 2. The normalized spacial score (nSPS) is 21.7. The average Bonchev–Trinajstić information content (AvgIpc) is 2.33. The fourth-order valence-electron chi connectivity index (χ4n) is 1.42. The standard InChI is InChI=1S/C7H9N3O/c8-5-2-1-4-3-9-7(11)10-6(4)5/h3,5H,1-2,8H2,(H,9,10,11). The summed E-state index contributed by atoms with van der Waals surface area (Å²) in [7, 11) is 0. The lowest BCUT2D eigenvalue weighted by Crippen LogP contribution is -2.16. The molecule has 1 aliphatic carbocycles. The van der Waals surface area contributed by atoms with Gasteiger partial charge in [-0.25, -0.2) is 9.78 Å². The summed E-state index contributed by atoms with van der Waals surface area (Å²) in [5.41, 5.74) is 7.36. The summed E-state index contributed by atoms with van der Waals surface area (Å²) < 4.78 is 0. The van der Waals surface area contributed by atoms with E-state index in [1.165, 1.54) is 0 Å². The molecule has 3 N–H and O–H groups in total. The van der Waals surface area contributed by atoms with Crippen molar-refractivity contribution in [3.05, 3.63) is 27.9 Å². The molecule has 2 rings (SSSR count). The molecular formula is C7H9N3O. The van der Waals surface area contributed by atoms with E-state index >= 15 is 0 Å². The van der Waals surface area contributed by atoms with Crippen LogP contribution < -0.4 is 11.4 Å². The highest BCUT2D eigenvalue weighted by molar-refractivity contribution is 5.24. The molecule has 58 valence electrons. The van der Waals surface area contributed by atoms with Gasteiger partial charge in [0, 0.05) is 17.9 Å². The van der Waals surface area contributed by atoms with Crippen LogP contribution in [0.3, 0.4) is 0 Å². The van der Waals surface area contributed by atoms with Gasteiger partial charge in [-0.05, 0) is 18.4 Å². The van der Waals surface area contributed by atoms with E-state index in [1.807, 2.05) is 0 Å². The smallest absolute Gasteiger partial charge is 0.323 e. The van der Waals surface area contributed by atoms with Crippen LogP contribution in [0.15, 0.2) is 11.0 Å². The van der Waals surface area contributed by atoms with Crippen LogP contribution in [0.4, 0.5) is 0 Å². The SMILES string of the molecule is NC1CCc2cnc(=O)[nH]c21. The van der Waals surface area contributed by atoms with Crippen molar-refractivity contribution < 1.29 is 0 Å². The molecule has 0 spiro atoms. The van der Waals surface area contributed by atoms with Crippen LogP contribution in [0.25, 0.3) is 0 Å². The van der Waals surface area contributed by atoms with Crippen molar-refractivity contribution in [1.29, 1.82) is 0 Å². The highest BCUT2D eigenvalue weighted by Gasteiger charge is 2.19. The van der Waals surface area contributed by atoms with Gasteiger partial charge in [0.1, 0.15) is 0 Å². The Balaban J connectivity index is 2.60. The molecular weight excluding hydrogens is 142 g/mol. The van der Waals surface area contributed by atoms with Gasteiger partial charge in [0.2, 0.25) is 0 Å². The zero-order chi connectivity index (χ0) is 7.84. The predicted molar refractivity (Wildman–Crippen MR) is 40.1 cm³/mol. The van der Waals surface area contributed by atoms with E-state index in [0.29, 0.717) is 0 Å². The predicted octanol–water partition coefficient (Wildman–Crippen LogP) is -0.284. The zero-order valence-corrected chi connectivity index (χ0v) is 6.00. The maximum absolute atomic E-state index is 10.8. The second-order valence-corrected chi connectivity index (χ2v) is 2.77. The first-order chi connectivity index (χ1) is 5.27. The monoisotopic (exact) mass is 151 g/mol. The third-order valence-corrected chi connectivity index (χ3v) is 2.02. The number of fused-ring (bicyclic) bond motifs is 1. The molecule has 0 saturated heterocycles. The van der Waals surface area contributed by atoms with E-state index in [0.717, 1.165) is 24.1 Å². The highest BCUT2D eigenvalue weighted by atomic mass is 16.1. The van der Waals surface area contributed by atoms with Crippen molar-refractivity contribution in [2.45, 2.75) is 18.9 Å². The maximum Gasteiger partial charge on any atom is 0.345 e. The van der Waals surface area contributed by atoms with Crippen molar-refractivity contribution in [1.82, 2.24) is 9.97 Å². The summed E-state index contributed by atoms with van der Waals surface area (Å²) >= 11 is 0. The molecule has 1 aromatic rings. The van der Waals surface area contributed by atoms with Gasteiger partial charge in [0.25, 0.3) is 0 Å². The van der Waals surface area contributed by atoms with E-state index in [4.69, 9.17) is 5.73 Å². The molecule has 0 fully saturated rings. The summed E-state index contributed by atoms with van der Waals surface area (Å²) in [6.07, 6.45) is 3.46. The van der Waals surface area contributed by atoms with Crippen molar-refractivity contribution in [3.63, 3.8) is 0 Å². The Morgan fingerprint density at radius 2 is 2.55 bits per heavy atom. The lowest BCUT2D eigenvalue weighted by atomic mass is 10.2. The lowest BCUT2D eigenvalue weighted by molar-refractivity contribution is 0.694. The van der Waals surface area contributed by atoms with Gasteiger partial charge < -0.3 is 10.7 Å². The number of aryl methyl sites for hydroxylation is 1. The summed E-state index contributed by atoms with van der Waals surface area (Å²) in [6.45, 7) is 0. The van der Waals surface area contributed by atoms with E-state index in [2.05, 4.69) is 9.97 Å². The molecule has 0 saturated carbocycles. The number of nitrogens with zero attached hydrogens (tertiary/aromatic N) is 1. The van der Waals surface area contributed by atoms with Crippen LogP contribution >= 0.6 is 0 Å². The number of H-pyrrole nitrogens is 1. The molecule has 11 heavy (non-hydrogen) atoms. The van der Waals surface area contributed by atoms with Gasteiger partial charge in [-0.15, -0.1) is 0 Å². The van der Waals surface area contributed by atoms with Crippen LogP contribution in [0.1, 0.15) is 23.7 Å². The molecule has 0 amide bonds. The molecule has 4 nitrogen and oxygen atoms in total. The zero-order valence-electron chi connectivity index (χ0n) is 6.00. The Morgan fingerprint density at radius 3 is 3.36 bits per heavy atom. The van der Waals surface area contributed by atoms with Crippen LogP contribution in [-0.2, 0) is 6.42 Å². The van der Waals surface area contributed by atoms with Gasteiger partial charge in [-0.3, -0.25) is 0 Å². The van der Waals surface area contributed by atoms with E-state index in [1.54, 1.807) is 6.20 Å². The Bertz CT molecular complexity index is 331. The average molecular weight is 151 g/mol. The summed E-state index contributed by atoms with van der Waals surface area (Å²) in [5, 5.41) is 0. The lowest BCUT2D eigenvalue weighted by Gasteiger charge is -2.01. The first kappa shape index (κ1) is 6.54. The topological polar surface area (TPSA) is 71.8 Å². The molecule has 0 radical (unpaired) electrons. The molecule has 1 atom stereocenters. The molecule has 1 aliphatic rings. The largest absolute Gasteiger partial charge is 0.345 e. The molecule has 0 aromatic carbocycles. The Kier molecular flexibility index (Phi) is 1.29. The van der Waals surface area contributed by atoms with Crippen molar-refractivity contribution in [3.8, 4) is 0 Å². The summed E-state index contributed by atoms with van der Waals surface area (Å²) in [4.78, 5) is 17.0.